The highest BCUT2D eigenvalue weighted by Gasteiger charge is 2.47. The molecule has 0 aliphatic carbocycles. The van der Waals surface area contributed by atoms with Crippen molar-refractivity contribution in [2.45, 2.75) is 183 Å². The molecular weight excluding hydrogens is 1090 g/mol. The van der Waals surface area contributed by atoms with E-state index in [0.717, 1.165) is 47.9 Å². The maximum Gasteiger partial charge on any atom is 0.227 e. The van der Waals surface area contributed by atoms with Crippen LogP contribution in [-0.2, 0) is 19.2 Å². The molecule has 4 aromatic carbocycles. The molecule has 452 valence electrons. The van der Waals surface area contributed by atoms with Crippen molar-refractivity contribution < 1.29 is 36.7 Å². The lowest BCUT2D eigenvalue weighted by molar-refractivity contribution is -0.137. The highest BCUT2D eigenvalue weighted by Crippen LogP contribution is 2.44. The Morgan fingerprint density at radius 3 is 1.13 bits per heavy atom. The van der Waals surface area contributed by atoms with E-state index < -0.39 is 0 Å². The van der Waals surface area contributed by atoms with E-state index in [1.807, 2.05) is 35.8 Å². The van der Waals surface area contributed by atoms with Crippen molar-refractivity contribution in [2.24, 2.45) is 11.8 Å². The summed E-state index contributed by atoms with van der Waals surface area (Å²) in [5, 5.41) is 6.62. The molecule has 16 heteroatoms. The Kier molecular flexibility index (Phi) is 23.3. The number of carbonyl (C=O) groups is 4. The molecule has 6 atom stereocenters. The highest BCUT2D eigenvalue weighted by atomic mass is 35.5. The molecule has 4 amide bonds. The molecule has 4 aromatic rings. The van der Waals surface area contributed by atoms with Crippen molar-refractivity contribution >= 4 is 46.8 Å². The number of hydrogen-bond donors (Lipinski definition) is 2. The summed E-state index contributed by atoms with van der Waals surface area (Å²) in [7, 11) is 0. The zero-order valence-corrected chi connectivity index (χ0v) is 50.5. The van der Waals surface area contributed by atoms with Crippen LogP contribution in [0.3, 0.4) is 0 Å². The van der Waals surface area contributed by atoms with Gasteiger partial charge in [-0.1, -0.05) is 76.2 Å². The van der Waals surface area contributed by atoms with Crippen LogP contribution in [-0.4, -0.2) is 107 Å². The van der Waals surface area contributed by atoms with Gasteiger partial charge in [0.2, 0.25) is 23.6 Å². The van der Waals surface area contributed by atoms with Crippen molar-refractivity contribution in [3.8, 4) is 0 Å². The summed E-state index contributed by atoms with van der Waals surface area (Å²) in [5.74, 6) is -2.36. The molecular formula is C66H92Cl2F4N6O4. The standard InChI is InChI=1S/2C32H42ClF2N3O2.2CH4/c2*1-7-30(36-20(3)39)25-16-28(34)19(2)14-24(25)21-10-12-37(13-11-21)31(40)27-18-38(32(4,5)6)17-26(27)23-9-8-22(33)15-29(23)35;;/h2*8-9,14-16,21,26-27,30H,7,10-13,17-18H2,1-6H3,(H,36,39);2*1H4/t26-,27?,30+;26-,27?,30-;;/m00../s1. The van der Waals surface area contributed by atoms with Gasteiger partial charge in [0.1, 0.15) is 23.3 Å². The molecule has 82 heavy (non-hydrogen) atoms. The first-order valence-corrected chi connectivity index (χ1v) is 29.5. The van der Waals surface area contributed by atoms with E-state index in [9.17, 15) is 28.0 Å². The second-order valence-corrected chi connectivity index (χ2v) is 25.8. The van der Waals surface area contributed by atoms with Crippen LogP contribution in [0.2, 0.25) is 10.0 Å². The number of carbonyl (C=O) groups excluding carboxylic acids is 4. The lowest BCUT2D eigenvalue weighted by Gasteiger charge is -2.36. The third-order valence-corrected chi connectivity index (χ3v) is 17.9. The largest absolute Gasteiger partial charge is 0.350 e. The normalized spacial score (nSPS) is 21.0. The predicted octanol–water partition coefficient (Wildman–Crippen LogP) is 14.7. The van der Waals surface area contributed by atoms with E-state index in [0.29, 0.717) is 97.5 Å². The summed E-state index contributed by atoms with van der Waals surface area (Å²) < 4.78 is 59.4. The lowest BCUT2D eigenvalue weighted by Crippen LogP contribution is -2.44. The molecule has 0 aromatic heterocycles. The molecule has 4 heterocycles. The average Bonchev–Trinajstić information content (AvgIpc) is 4.27. The van der Waals surface area contributed by atoms with Gasteiger partial charge in [-0.15, -0.1) is 0 Å². The summed E-state index contributed by atoms with van der Waals surface area (Å²) in [6.45, 7) is 27.8. The Bertz CT molecular complexity index is 2700. The molecule has 4 fully saturated rings. The van der Waals surface area contributed by atoms with Gasteiger partial charge in [0.25, 0.3) is 0 Å². The summed E-state index contributed by atoms with van der Waals surface area (Å²) in [6.07, 6.45) is 4.29. The molecule has 10 nitrogen and oxygen atoms in total. The molecule has 4 aliphatic heterocycles. The number of likely N-dealkylation sites (tertiary alicyclic amines) is 4. The highest BCUT2D eigenvalue weighted by molar-refractivity contribution is 6.30. The van der Waals surface area contributed by atoms with Crippen molar-refractivity contribution in [3.05, 3.63) is 138 Å². The third-order valence-electron chi connectivity index (χ3n) is 17.4. The maximum absolute atomic E-state index is 15.0. The minimum Gasteiger partial charge on any atom is -0.350 e. The Labute approximate surface area is 497 Å². The number of hydrogen-bond acceptors (Lipinski definition) is 6. The Morgan fingerprint density at radius 2 is 0.854 bits per heavy atom. The number of rotatable bonds is 12. The first-order valence-electron chi connectivity index (χ1n) is 28.7. The SMILES string of the molecule is C.C.CC[C@@H](NC(C)=O)c1cc(F)c(C)cc1C1CCN(C(=O)C2CN(C(C)(C)C)C[C@H]2c2ccc(Cl)cc2F)CC1.CC[C@H](NC(C)=O)c1cc(F)c(C)cc1C1CCN(C(=O)C2CN(C(C)(C)C)C[C@H]2c2ccc(Cl)cc2F)CC1. The zero-order valence-electron chi connectivity index (χ0n) is 49.0. The third kappa shape index (κ3) is 15.8. The lowest BCUT2D eigenvalue weighted by atomic mass is 9.82. The van der Waals surface area contributed by atoms with Crippen LogP contribution in [0, 0.1) is 49.0 Å². The van der Waals surface area contributed by atoms with Crippen molar-refractivity contribution in [1.29, 1.82) is 0 Å². The van der Waals surface area contributed by atoms with E-state index in [1.165, 1.54) is 26.0 Å². The van der Waals surface area contributed by atoms with Gasteiger partial charge in [0, 0.05) is 99.2 Å². The molecule has 0 radical (unpaired) electrons. The Balaban J connectivity index is 0.000000293. The van der Waals surface area contributed by atoms with Crippen LogP contribution in [0.4, 0.5) is 17.6 Å². The summed E-state index contributed by atoms with van der Waals surface area (Å²) in [4.78, 5) is 60.0. The number of aryl methyl sites for hydroxylation is 2. The van der Waals surface area contributed by atoms with Crippen molar-refractivity contribution in [1.82, 2.24) is 30.2 Å². The van der Waals surface area contributed by atoms with E-state index in [2.05, 4.69) is 62.0 Å². The second-order valence-electron chi connectivity index (χ2n) is 24.9. The first-order chi connectivity index (χ1) is 37.6. The van der Waals surface area contributed by atoms with Gasteiger partial charge in [-0.05, 0) is 187 Å². The van der Waals surface area contributed by atoms with Crippen molar-refractivity contribution in [2.75, 3.05) is 52.4 Å². The molecule has 0 bridgehead atoms. The molecule has 4 aliphatic rings. The van der Waals surface area contributed by atoms with E-state index in [1.54, 1.807) is 50.2 Å². The topological polar surface area (TPSA) is 105 Å². The van der Waals surface area contributed by atoms with Gasteiger partial charge in [-0.2, -0.15) is 0 Å². The van der Waals surface area contributed by atoms with E-state index >= 15 is 8.78 Å². The fraction of sp³-hybridized carbons (Fsp3) is 0.576. The number of benzene rings is 4. The van der Waals surface area contributed by atoms with Crippen LogP contribution in [0.1, 0.15) is 203 Å². The zero-order chi connectivity index (χ0) is 58.7. The quantitative estimate of drug-likeness (QED) is 0.137. The predicted molar refractivity (Wildman–Crippen MR) is 324 cm³/mol. The van der Waals surface area contributed by atoms with Gasteiger partial charge in [0.05, 0.1) is 23.9 Å². The summed E-state index contributed by atoms with van der Waals surface area (Å²) in [6, 6.07) is 15.9. The molecule has 2 unspecified atom stereocenters. The summed E-state index contributed by atoms with van der Waals surface area (Å²) >= 11 is 12.1. The van der Waals surface area contributed by atoms with E-state index in [-0.39, 0.29) is 120 Å². The van der Waals surface area contributed by atoms with Gasteiger partial charge >= 0.3 is 0 Å². The Morgan fingerprint density at radius 1 is 0.524 bits per heavy atom. The average molecular weight is 1180 g/mol. The molecule has 8 rings (SSSR count). The van der Waals surface area contributed by atoms with Gasteiger partial charge < -0.3 is 20.4 Å². The van der Waals surface area contributed by atoms with Crippen molar-refractivity contribution in [3.63, 3.8) is 0 Å². The summed E-state index contributed by atoms with van der Waals surface area (Å²) in [5.41, 5.74) is 5.68. The van der Waals surface area contributed by atoms with Crippen LogP contribution in [0.5, 0.6) is 0 Å². The van der Waals surface area contributed by atoms with Crippen LogP contribution >= 0.6 is 23.2 Å². The molecule has 0 spiro atoms. The number of amides is 4. The minimum atomic E-state index is -0.367. The first kappa shape index (κ1) is 67.8. The molecule has 4 saturated heterocycles. The van der Waals surface area contributed by atoms with E-state index in [4.69, 9.17) is 23.2 Å². The Hall–Kier alpha value is -5.02. The number of piperidine rings is 2. The molecule has 0 saturated carbocycles. The van der Waals surface area contributed by atoms with Crippen LogP contribution < -0.4 is 10.6 Å². The maximum atomic E-state index is 15.0. The van der Waals surface area contributed by atoms with Gasteiger partial charge in [-0.25, -0.2) is 17.6 Å². The monoisotopic (exact) mass is 1180 g/mol. The van der Waals surface area contributed by atoms with Crippen LogP contribution in [0.15, 0.2) is 60.7 Å². The van der Waals surface area contributed by atoms with Gasteiger partial charge in [0.15, 0.2) is 0 Å². The number of halogens is 6. The van der Waals surface area contributed by atoms with Crippen LogP contribution in [0.25, 0.3) is 0 Å². The fourth-order valence-corrected chi connectivity index (χ4v) is 13.1. The number of nitrogens with one attached hydrogen (secondary N) is 2. The fourth-order valence-electron chi connectivity index (χ4n) is 12.8. The minimum absolute atomic E-state index is 0. The van der Waals surface area contributed by atoms with Gasteiger partial charge in [-0.3, -0.25) is 29.0 Å². The number of nitrogens with zero attached hydrogens (tertiary/aromatic N) is 4. The smallest absolute Gasteiger partial charge is 0.227 e. The second kappa shape index (κ2) is 28.2. The molecule has 2 N–H and O–H groups in total.